The normalized spacial score (nSPS) is 10.3. The summed E-state index contributed by atoms with van der Waals surface area (Å²) in [7, 11) is 1.50. The molecule has 14 heavy (non-hydrogen) atoms. The molecule has 5 heteroatoms. The van der Waals surface area contributed by atoms with Crippen molar-refractivity contribution in [2.24, 2.45) is 5.90 Å². The van der Waals surface area contributed by atoms with Gasteiger partial charge in [0.25, 0.3) is 0 Å². The first-order valence-corrected chi connectivity index (χ1v) is 4.77. The summed E-state index contributed by atoms with van der Waals surface area (Å²) < 4.78 is 5.91. The van der Waals surface area contributed by atoms with Crippen LogP contribution in [-0.2, 0) is 11.4 Å². The standard InChI is InChI=1S/C9H12BrNO3/c1-5-7(10)3-6(4-14-11)8(12)9(5)13-2/h3,12H,4,11H2,1-2H3. The third-order valence-electron chi connectivity index (χ3n) is 1.96. The fourth-order valence-electron chi connectivity index (χ4n) is 1.21. The van der Waals surface area contributed by atoms with Crippen LogP contribution < -0.4 is 10.6 Å². The van der Waals surface area contributed by atoms with Gasteiger partial charge < -0.3 is 9.84 Å². The monoisotopic (exact) mass is 261 g/mol. The first-order chi connectivity index (χ1) is 6.61. The molecule has 0 spiro atoms. The molecule has 0 radical (unpaired) electrons. The van der Waals surface area contributed by atoms with Crippen LogP contribution in [0.1, 0.15) is 11.1 Å². The number of phenols is 1. The predicted octanol–water partition coefficient (Wildman–Crippen LogP) is 1.86. The molecule has 1 rings (SSSR count). The van der Waals surface area contributed by atoms with Crippen molar-refractivity contribution >= 4 is 15.9 Å². The van der Waals surface area contributed by atoms with Gasteiger partial charge in [0.1, 0.15) is 0 Å². The molecule has 0 heterocycles. The Kier molecular flexibility index (Phi) is 3.74. The third kappa shape index (κ3) is 2.00. The Morgan fingerprint density at radius 3 is 2.71 bits per heavy atom. The molecule has 0 bridgehead atoms. The third-order valence-corrected chi connectivity index (χ3v) is 2.79. The Labute approximate surface area is 90.7 Å². The van der Waals surface area contributed by atoms with Crippen molar-refractivity contribution in [1.29, 1.82) is 0 Å². The number of halogens is 1. The number of hydrogen-bond acceptors (Lipinski definition) is 4. The van der Waals surface area contributed by atoms with E-state index in [1.165, 1.54) is 7.11 Å². The van der Waals surface area contributed by atoms with Crippen LogP contribution in [0.4, 0.5) is 0 Å². The van der Waals surface area contributed by atoms with E-state index in [1.807, 2.05) is 6.92 Å². The highest BCUT2D eigenvalue weighted by atomic mass is 79.9. The number of aromatic hydroxyl groups is 1. The maximum atomic E-state index is 9.74. The molecule has 4 nitrogen and oxygen atoms in total. The van der Waals surface area contributed by atoms with Gasteiger partial charge in [-0.3, -0.25) is 4.84 Å². The molecule has 0 unspecified atom stereocenters. The molecular formula is C9H12BrNO3. The van der Waals surface area contributed by atoms with Gasteiger partial charge in [0, 0.05) is 15.6 Å². The summed E-state index contributed by atoms with van der Waals surface area (Å²) in [6.45, 7) is 1.98. The number of ether oxygens (including phenoxy) is 1. The van der Waals surface area contributed by atoms with Crippen molar-refractivity contribution in [3.63, 3.8) is 0 Å². The molecule has 0 aliphatic heterocycles. The highest BCUT2D eigenvalue weighted by molar-refractivity contribution is 9.10. The fraction of sp³-hybridized carbons (Fsp3) is 0.333. The lowest BCUT2D eigenvalue weighted by Gasteiger charge is -2.12. The second kappa shape index (κ2) is 4.63. The summed E-state index contributed by atoms with van der Waals surface area (Å²) in [6.07, 6.45) is 0. The molecule has 0 saturated carbocycles. The molecule has 0 saturated heterocycles. The molecule has 1 aromatic rings. The van der Waals surface area contributed by atoms with Crippen LogP contribution in [0.25, 0.3) is 0 Å². The minimum absolute atomic E-state index is 0.0682. The van der Waals surface area contributed by atoms with Gasteiger partial charge in [0.2, 0.25) is 0 Å². The minimum atomic E-state index is 0.0682. The Bertz CT molecular complexity index is 341. The van der Waals surface area contributed by atoms with Gasteiger partial charge in [0.15, 0.2) is 11.5 Å². The average molecular weight is 262 g/mol. The van der Waals surface area contributed by atoms with E-state index >= 15 is 0 Å². The van der Waals surface area contributed by atoms with Gasteiger partial charge in [-0.15, -0.1) is 0 Å². The maximum Gasteiger partial charge on any atom is 0.164 e. The van der Waals surface area contributed by atoms with Gasteiger partial charge >= 0.3 is 0 Å². The molecule has 78 valence electrons. The Hall–Kier alpha value is -0.780. The van der Waals surface area contributed by atoms with Gasteiger partial charge in [-0.05, 0) is 13.0 Å². The second-order valence-corrected chi connectivity index (χ2v) is 3.69. The van der Waals surface area contributed by atoms with Crippen LogP contribution in [0, 0.1) is 6.92 Å². The number of methoxy groups -OCH3 is 1. The molecule has 0 fully saturated rings. The molecule has 0 aliphatic carbocycles. The molecule has 3 N–H and O–H groups in total. The van der Waals surface area contributed by atoms with Crippen molar-refractivity contribution in [2.45, 2.75) is 13.5 Å². The van der Waals surface area contributed by atoms with Crippen LogP contribution >= 0.6 is 15.9 Å². The Balaban J connectivity index is 3.27. The minimum Gasteiger partial charge on any atom is -0.504 e. The molecular weight excluding hydrogens is 250 g/mol. The lowest BCUT2D eigenvalue weighted by atomic mass is 10.1. The van der Waals surface area contributed by atoms with Gasteiger partial charge in [-0.2, -0.15) is 0 Å². The lowest BCUT2D eigenvalue weighted by molar-refractivity contribution is 0.121. The van der Waals surface area contributed by atoms with Crippen LogP contribution in [0.15, 0.2) is 10.5 Å². The average Bonchev–Trinajstić information content (AvgIpc) is 2.16. The van der Waals surface area contributed by atoms with E-state index in [-0.39, 0.29) is 12.4 Å². The van der Waals surface area contributed by atoms with E-state index in [4.69, 9.17) is 10.6 Å². The fourth-order valence-corrected chi connectivity index (χ4v) is 1.67. The largest absolute Gasteiger partial charge is 0.504 e. The van der Waals surface area contributed by atoms with Crippen LogP contribution in [-0.4, -0.2) is 12.2 Å². The van der Waals surface area contributed by atoms with E-state index in [2.05, 4.69) is 20.8 Å². The van der Waals surface area contributed by atoms with Crippen molar-refractivity contribution < 1.29 is 14.7 Å². The predicted molar refractivity (Wildman–Crippen MR) is 56.1 cm³/mol. The van der Waals surface area contributed by atoms with Crippen molar-refractivity contribution in [2.75, 3.05) is 7.11 Å². The second-order valence-electron chi connectivity index (χ2n) is 2.84. The van der Waals surface area contributed by atoms with Crippen molar-refractivity contribution in [1.82, 2.24) is 0 Å². The summed E-state index contributed by atoms with van der Waals surface area (Å²) in [4.78, 5) is 4.47. The zero-order valence-electron chi connectivity index (χ0n) is 8.00. The maximum absolute atomic E-state index is 9.74. The molecule has 0 aliphatic rings. The first kappa shape index (κ1) is 11.3. The highest BCUT2D eigenvalue weighted by Gasteiger charge is 2.14. The van der Waals surface area contributed by atoms with Gasteiger partial charge in [-0.1, -0.05) is 15.9 Å². The smallest absolute Gasteiger partial charge is 0.164 e. The molecule has 1 aromatic carbocycles. The summed E-state index contributed by atoms with van der Waals surface area (Å²) in [5.74, 6) is 5.45. The van der Waals surface area contributed by atoms with E-state index < -0.39 is 0 Å². The molecule has 0 aromatic heterocycles. The molecule has 0 amide bonds. The quantitative estimate of drug-likeness (QED) is 0.816. The summed E-state index contributed by atoms with van der Waals surface area (Å²) in [5.41, 5.74) is 1.42. The number of hydrogen-bond donors (Lipinski definition) is 2. The number of rotatable bonds is 3. The zero-order valence-corrected chi connectivity index (χ0v) is 9.59. The first-order valence-electron chi connectivity index (χ1n) is 3.98. The highest BCUT2D eigenvalue weighted by Crippen LogP contribution is 2.38. The van der Waals surface area contributed by atoms with Crippen LogP contribution in [0.5, 0.6) is 11.5 Å². The van der Waals surface area contributed by atoms with Crippen LogP contribution in [0.3, 0.4) is 0 Å². The number of benzene rings is 1. The van der Waals surface area contributed by atoms with E-state index in [9.17, 15) is 5.11 Å². The molecule has 0 atom stereocenters. The van der Waals surface area contributed by atoms with E-state index in [0.717, 1.165) is 10.0 Å². The van der Waals surface area contributed by atoms with E-state index in [1.54, 1.807) is 6.07 Å². The van der Waals surface area contributed by atoms with Gasteiger partial charge in [0.05, 0.1) is 13.7 Å². The zero-order chi connectivity index (χ0) is 10.7. The Morgan fingerprint density at radius 2 is 2.21 bits per heavy atom. The summed E-state index contributed by atoms with van der Waals surface area (Å²) in [6, 6.07) is 1.75. The van der Waals surface area contributed by atoms with Crippen LogP contribution in [0.2, 0.25) is 0 Å². The number of nitrogens with two attached hydrogens (primary N) is 1. The summed E-state index contributed by atoms with van der Waals surface area (Å²) >= 11 is 3.35. The van der Waals surface area contributed by atoms with Crippen molar-refractivity contribution in [3.05, 3.63) is 21.7 Å². The summed E-state index contributed by atoms with van der Waals surface area (Å²) in [5, 5.41) is 9.74. The lowest BCUT2D eigenvalue weighted by Crippen LogP contribution is -2.01. The van der Waals surface area contributed by atoms with E-state index in [0.29, 0.717) is 11.3 Å². The van der Waals surface area contributed by atoms with Gasteiger partial charge in [-0.25, -0.2) is 5.90 Å². The van der Waals surface area contributed by atoms with Crippen molar-refractivity contribution in [3.8, 4) is 11.5 Å². The SMILES string of the molecule is COc1c(C)c(Br)cc(CON)c1O. The topological polar surface area (TPSA) is 64.7 Å². The Morgan fingerprint density at radius 1 is 1.57 bits per heavy atom. The number of phenolic OH excluding ortho intramolecular Hbond substituents is 1.